The van der Waals surface area contributed by atoms with Crippen molar-refractivity contribution in [1.82, 2.24) is 15.2 Å². The summed E-state index contributed by atoms with van der Waals surface area (Å²) in [5.74, 6) is -0.0597. The Hall–Kier alpha value is -2.46. The molecule has 0 saturated carbocycles. The van der Waals surface area contributed by atoms with E-state index in [4.69, 9.17) is 4.98 Å². The summed E-state index contributed by atoms with van der Waals surface area (Å²) in [5, 5.41) is 5.10. The average Bonchev–Trinajstić information content (AvgIpc) is 2.63. The van der Waals surface area contributed by atoms with Crippen LogP contribution in [0.4, 0.5) is 0 Å². The number of nitrogens with one attached hydrogen (secondary N) is 1. The molecule has 0 spiro atoms. The topological polar surface area (TPSA) is 45.2 Å². The van der Waals surface area contributed by atoms with Gasteiger partial charge in [-0.25, -0.2) is 4.98 Å². The standard InChI is InChI=1S/C20H23N3O/c1-3-23(4-2)13-12-21-20(24)17-10-7-9-16-14-15-8-5-6-11-18(15)22-19(16)17/h5-11,14H,3-4,12-13H2,1-2H3,(H,21,24). The van der Waals surface area contributed by atoms with E-state index in [1.165, 1.54) is 0 Å². The van der Waals surface area contributed by atoms with Gasteiger partial charge < -0.3 is 10.2 Å². The Bertz CT molecular complexity index is 856. The molecular weight excluding hydrogens is 298 g/mol. The summed E-state index contributed by atoms with van der Waals surface area (Å²) in [5.41, 5.74) is 2.31. The van der Waals surface area contributed by atoms with E-state index in [9.17, 15) is 4.79 Å². The third kappa shape index (κ3) is 3.39. The highest BCUT2D eigenvalue weighted by Crippen LogP contribution is 2.22. The summed E-state index contributed by atoms with van der Waals surface area (Å²) in [6.45, 7) is 7.75. The quantitative estimate of drug-likeness (QED) is 0.707. The molecule has 3 rings (SSSR count). The zero-order valence-corrected chi connectivity index (χ0v) is 14.2. The molecule has 4 heteroatoms. The number of likely N-dealkylation sites (N-methyl/N-ethyl adjacent to an activating group) is 1. The number of benzene rings is 2. The van der Waals surface area contributed by atoms with E-state index in [1.54, 1.807) is 0 Å². The normalized spacial score (nSPS) is 11.3. The summed E-state index contributed by atoms with van der Waals surface area (Å²) in [6, 6.07) is 15.8. The van der Waals surface area contributed by atoms with Crippen molar-refractivity contribution in [2.24, 2.45) is 0 Å². The number of hydrogen-bond donors (Lipinski definition) is 1. The Morgan fingerprint density at radius 1 is 1.04 bits per heavy atom. The van der Waals surface area contributed by atoms with Gasteiger partial charge in [0.2, 0.25) is 0 Å². The minimum absolute atomic E-state index is 0.0597. The van der Waals surface area contributed by atoms with Gasteiger partial charge in [-0.05, 0) is 31.3 Å². The largest absolute Gasteiger partial charge is 0.351 e. The maximum Gasteiger partial charge on any atom is 0.253 e. The van der Waals surface area contributed by atoms with Gasteiger partial charge in [0, 0.05) is 23.9 Å². The van der Waals surface area contributed by atoms with Gasteiger partial charge in [0.05, 0.1) is 16.6 Å². The lowest BCUT2D eigenvalue weighted by atomic mass is 10.1. The van der Waals surface area contributed by atoms with Crippen LogP contribution in [0, 0.1) is 0 Å². The number of aromatic nitrogens is 1. The second kappa shape index (κ2) is 7.41. The molecule has 3 aromatic rings. The number of fused-ring (bicyclic) bond motifs is 2. The smallest absolute Gasteiger partial charge is 0.253 e. The Morgan fingerprint density at radius 2 is 1.79 bits per heavy atom. The van der Waals surface area contributed by atoms with E-state index >= 15 is 0 Å². The van der Waals surface area contributed by atoms with Crippen LogP contribution in [0.1, 0.15) is 24.2 Å². The average molecular weight is 321 g/mol. The van der Waals surface area contributed by atoms with E-state index in [-0.39, 0.29) is 5.91 Å². The fraction of sp³-hybridized carbons (Fsp3) is 0.300. The fourth-order valence-electron chi connectivity index (χ4n) is 2.95. The molecule has 1 N–H and O–H groups in total. The number of hydrogen-bond acceptors (Lipinski definition) is 3. The molecule has 2 aromatic carbocycles. The molecule has 0 aliphatic heterocycles. The van der Waals surface area contributed by atoms with Crippen LogP contribution in [-0.2, 0) is 0 Å². The lowest BCUT2D eigenvalue weighted by Crippen LogP contribution is -2.34. The molecule has 1 aromatic heterocycles. The lowest BCUT2D eigenvalue weighted by Gasteiger charge is -2.18. The van der Waals surface area contributed by atoms with Gasteiger partial charge in [0.25, 0.3) is 5.91 Å². The SMILES string of the molecule is CCN(CC)CCNC(=O)c1cccc2cc3ccccc3nc12. The molecule has 0 unspecified atom stereocenters. The molecule has 0 fully saturated rings. The number of rotatable bonds is 6. The first-order valence-electron chi connectivity index (χ1n) is 8.52. The number of pyridine rings is 1. The monoisotopic (exact) mass is 321 g/mol. The van der Waals surface area contributed by atoms with E-state index in [1.807, 2.05) is 42.5 Å². The Morgan fingerprint density at radius 3 is 2.58 bits per heavy atom. The van der Waals surface area contributed by atoms with Gasteiger partial charge in [-0.3, -0.25) is 4.79 Å². The molecule has 0 aliphatic rings. The van der Waals surface area contributed by atoms with Crippen LogP contribution < -0.4 is 5.32 Å². The third-order valence-electron chi connectivity index (χ3n) is 4.40. The van der Waals surface area contributed by atoms with E-state index in [0.29, 0.717) is 12.1 Å². The van der Waals surface area contributed by atoms with Crippen molar-refractivity contribution in [2.45, 2.75) is 13.8 Å². The van der Waals surface area contributed by atoms with Gasteiger partial charge in [0.1, 0.15) is 0 Å². The Kier molecular flexibility index (Phi) is 5.06. The van der Waals surface area contributed by atoms with Crippen molar-refractivity contribution in [3.63, 3.8) is 0 Å². The minimum Gasteiger partial charge on any atom is -0.351 e. The molecule has 0 saturated heterocycles. The zero-order valence-electron chi connectivity index (χ0n) is 14.2. The van der Waals surface area contributed by atoms with Crippen LogP contribution in [0.15, 0.2) is 48.5 Å². The summed E-state index contributed by atoms with van der Waals surface area (Å²) in [4.78, 5) is 19.6. The summed E-state index contributed by atoms with van der Waals surface area (Å²) >= 11 is 0. The van der Waals surface area contributed by atoms with Crippen LogP contribution in [0.25, 0.3) is 21.8 Å². The van der Waals surface area contributed by atoms with Gasteiger partial charge in [0.15, 0.2) is 0 Å². The fourth-order valence-corrected chi connectivity index (χ4v) is 2.95. The van der Waals surface area contributed by atoms with Crippen molar-refractivity contribution < 1.29 is 4.79 Å². The second-order valence-electron chi connectivity index (χ2n) is 5.84. The molecule has 0 atom stereocenters. The molecule has 4 nitrogen and oxygen atoms in total. The highest BCUT2D eigenvalue weighted by Gasteiger charge is 2.12. The van der Waals surface area contributed by atoms with Gasteiger partial charge in [-0.1, -0.05) is 44.2 Å². The van der Waals surface area contributed by atoms with E-state index in [2.05, 4.69) is 30.1 Å². The van der Waals surface area contributed by atoms with Gasteiger partial charge in [-0.15, -0.1) is 0 Å². The van der Waals surface area contributed by atoms with Crippen molar-refractivity contribution >= 4 is 27.7 Å². The molecule has 24 heavy (non-hydrogen) atoms. The van der Waals surface area contributed by atoms with Crippen molar-refractivity contribution in [3.05, 3.63) is 54.1 Å². The molecule has 0 aliphatic carbocycles. The number of nitrogens with zero attached hydrogens (tertiary/aromatic N) is 2. The summed E-state index contributed by atoms with van der Waals surface area (Å²) < 4.78 is 0. The number of amides is 1. The van der Waals surface area contributed by atoms with Crippen LogP contribution in [-0.4, -0.2) is 42.0 Å². The minimum atomic E-state index is -0.0597. The maximum absolute atomic E-state index is 12.6. The predicted octanol–water partition coefficient (Wildman–Crippen LogP) is 3.46. The Labute approximate surface area is 142 Å². The van der Waals surface area contributed by atoms with E-state index in [0.717, 1.165) is 41.4 Å². The van der Waals surface area contributed by atoms with E-state index < -0.39 is 0 Å². The predicted molar refractivity (Wildman–Crippen MR) is 99.4 cm³/mol. The maximum atomic E-state index is 12.6. The first-order valence-corrected chi connectivity index (χ1v) is 8.52. The van der Waals surface area contributed by atoms with Crippen LogP contribution in [0.2, 0.25) is 0 Å². The highest BCUT2D eigenvalue weighted by molar-refractivity contribution is 6.07. The number of carbonyl (C=O) groups is 1. The first-order chi connectivity index (χ1) is 11.7. The molecule has 1 heterocycles. The molecule has 124 valence electrons. The van der Waals surface area contributed by atoms with Crippen molar-refractivity contribution in [1.29, 1.82) is 0 Å². The van der Waals surface area contributed by atoms with Crippen molar-refractivity contribution in [3.8, 4) is 0 Å². The Balaban J connectivity index is 1.85. The summed E-state index contributed by atoms with van der Waals surface area (Å²) in [6.07, 6.45) is 0. The second-order valence-corrected chi connectivity index (χ2v) is 5.84. The number of carbonyl (C=O) groups excluding carboxylic acids is 1. The third-order valence-corrected chi connectivity index (χ3v) is 4.40. The van der Waals surface area contributed by atoms with Crippen LogP contribution >= 0.6 is 0 Å². The first kappa shape index (κ1) is 16.4. The molecule has 0 bridgehead atoms. The highest BCUT2D eigenvalue weighted by atomic mass is 16.1. The van der Waals surface area contributed by atoms with Crippen LogP contribution in [0.3, 0.4) is 0 Å². The van der Waals surface area contributed by atoms with Gasteiger partial charge >= 0.3 is 0 Å². The van der Waals surface area contributed by atoms with Crippen LogP contribution in [0.5, 0.6) is 0 Å². The molecule has 1 amide bonds. The van der Waals surface area contributed by atoms with Crippen molar-refractivity contribution in [2.75, 3.05) is 26.2 Å². The number of para-hydroxylation sites is 2. The summed E-state index contributed by atoms with van der Waals surface area (Å²) in [7, 11) is 0. The zero-order chi connectivity index (χ0) is 16.9. The van der Waals surface area contributed by atoms with Gasteiger partial charge in [-0.2, -0.15) is 0 Å². The molecular formula is C20H23N3O. The lowest BCUT2D eigenvalue weighted by molar-refractivity contribution is 0.0950. The molecule has 0 radical (unpaired) electrons.